The van der Waals surface area contributed by atoms with Crippen LogP contribution in [0.5, 0.6) is 0 Å². The summed E-state index contributed by atoms with van der Waals surface area (Å²) in [5.41, 5.74) is 0. The molecule has 0 aromatic carbocycles. The standard InChI is InChI=1S/C12H21NS/c14-5-1-4-13-7-11-9-2-3-10(6-9)12(11)8-13/h9-12,14H,1-8H2. The zero-order valence-corrected chi connectivity index (χ0v) is 9.76. The minimum Gasteiger partial charge on any atom is -0.303 e. The van der Waals surface area contributed by atoms with Crippen LogP contribution in [-0.4, -0.2) is 30.3 Å². The first-order valence-electron chi connectivity index (χ1n) is 6.21. The molecule has 2 bridgehead atoms. The zero-order chi connectivity index (χ0) is 9.54. The van der Waals surface area contributed by atoms with E-state index in [1.807, 2.05) is 0 Å². The summed E-state index contributed by atoms with van der Waals surface area (Å²) >= 11 is 4.30. The number of rotatable bonds is 3. The summed E-state index contributed by atoms with van der Waals surface area (Å²) in [6, 6.07) is 0. The fraction of sp³-hybridized carbons (Fsp3) is 1.00. The fourth-order valence-electron chi connectivity index (χ4n) is 4.25. The molecule has 0 radical (unpaired) electrons. The van der Waals surface area contributed by atoms with Gasteiger partial charge in [-0.1, -0.05) is 0 Å². The number of likely N-dealkylation sites (tertiary alicyclic amines) is 1. The smallest absolute Gasteiger partial charge is 0.00157 e. The molecule has 2 saturated carbocycles. The molecule has 1 aliphatic heterocycles. The number of fused-ring (bicyclic) bond motifs is 5. The van der Waals surface area contributed by atoms with Crippen LogP contribution in [0.1, 0.15) is 25.7 Å². The third-order valence-electron chi connectivity index (χ3n) is 4.85. The van der Waals surface area contributed by atoms with Gasteiger partial charge in [0.05, 0.1) is 0 Å². The molecule has 80 valence electrons. The second kappa shape index (κ2) is 3.71. The van der Waals surface area contributed by atoms with Crippen LogP contribution >= 0.6 is 12.6 Å². The van der Waals surface area contributed by atoms with Gasteiger partial charge in [0.1, 0.15) is 0 Å². The number of thiol groups is 1. The van der Waals surface area contributed by atoms with Crippen LogP contribution < -0.4 is 0 Å². The normalized spacial score (nSPS) is 46.1. The van der Waals surface area contributed by atoms with E-state index in [2.05, 4.69) is 17.5 Å². The maximum atomic E-state index is 4.30. The lowest BCUT2D eigenvalue weighted by molar-refractivity contribution is 0.281. The van der Waals surface area contributed by atoms with E-state index in [1.165, 1.54) is 26.1 Å². The quantitative estimate of drug-likeness (QED) is 0.701. The topological polar surface area (TPSA) is 3.24 Å². The molecular formula is C12H21NS. The lowest BCUT2D eigenvalue weighted by Crippen LogP contribution is -2.24. The molecule has 0 aromatic rings. The largest absolute Gasteiger partial charge is 0.303 e. The summed E-state index contributed by atoms with van der Waals surface area (Å²) in [7, 11) is 0. The van der Waals surface area contributed by atoms with E-state index in [9.17, 15) is 0 Å². The molecule has 1 nitrogen and oxygen atoms in total. The predicted octanol–water partition coefficient (Wildman–Crippen LogP) is 2.28. The highest BCUT2D eigenvalue weighted by atomic mass is 32.1. The Kier molecular flexibility index (Phi) is 2.53. The highest BCUT2D eigenvalue weighted by molar-refractivity contribution is 7.80. The van der Waals surface area contributed by atoms with E-state index in [1.54, 1.807) is 19.3 Å². The highest BCUT2D eigenvalue weighted by Gasteiger charge is 2.51. The molecular weight excluding hydrogens is 190 g/mol. The van der Waals surface area contributed by atoms with Crippen molar-refractivity contribution in [2.75, 3.05) is 25.4 Å². The molecule has 3 rings (SSSR count). The SMILES string of the molecule is SCCCN1CC2C3CCC(C3)C2C1. The summed E-state index contributed by atoms with van der Waals surface area (Å²) in [6.07, 6.45) is 5.95. The Labute approximate surface area is 92.7 Å². The van der Waals surface area contributed by atoms with Gasteiger partial charge >= 0.3 is 0 Å². The van der Waals surface area contributed by atoms with Gasteiger partial charge in [-0.3, -0.25) is 0 Å². The van der Waals surface area contributed by atoms with Crippen LogP contribution in [0.25, 0.3) is 0 Å². The minimum absolute atomic E-state index is 1.05. The Morgan fingerprint density at radius 2 is 1.71 bits per heavy atom. The second-order valence-corrected chi connectivity index (χ2v) is 5.94. The van der Waals surface area contributed by atoms with Crippen molar-refractivity contribution in [1.29, 1.82) is 0 Å². The Morgan fingerprint density at radius 1 is 1.07 bits per heavy atom. The Hall–Kier alpha value is 0.310. The van der Waals surface area contributed by atoms with E-state index < -0.39 is 0 Å². The van der Waals surface area contributed by atoms with E-state index in [0.717, 1.165) is 29.4 Å². The van der Waals surface area contributed by atoms with Crippen molar-refractivity contribution >= 4 is 12.6 Å². The van der Waals surface area contributed by atoms with Crippen LogP contribution in [0.15, 0.2) is 0 Å². The summed E-state index contributed by atoms with van der Waals surface area (Å²) < 4.78 is 0. The zero-order valence-electron chi connectivity index (χ0n) is 8.86. The number of hydrogen-bond acceptors (Lipinski definition) is 2. The van der Waals surface area contributed by atoms with E-state index in [4.69, 9.17) is 0 Å². The highest BCUT2D eigenvalue weighted by Crippen LogP contribution is 2.54. The monoisotopic (exact) mass is 211 g/mol. The maximum absolute atomic E-state index is 4.30. The van der Waals surface area contributed by atoms with Crippen molar-refractivity contribution in [1.82, 2.24) is 4.90 Å². The molecule has 14 heavy (non-hydrogen) atoms. The summed E-state index contributed by atoms with van der Waals surface area (Å²) in [5, 5.41) is 0. The average molecular weight is 211 g/mol. The molecule has 0 N–H and O–H groups in total. The van der Waals surface area contributed by atoms with E-state index in [0.29, 0.717) is 0 Å². The van der Waals surface area contributed by atoms with Gasteiger partial charge in [-0.2, -0.15) is 12.6 Å². The van der Waals surface area contributed by atoms with Crippen LogP contribution in [0, 0.1) is 23.7 Å². The first-order valence-corrected chi connectivity index (χ1v) is 6.85. The van der Waals surface area contributed by atoms with Crippen molar-refractivity contribution < 1.29 is 0 Å². The third-order valence-corrected chi connectivity index (χ3v) is 5.16. The molecule has 4 atom stereocenters. The molecule has 0 amide bonds. The molecule has 3 fully saturated rings. The molecule has 1 saturated heterocycles. The van der Waals surface area contributed by atoms with Crippen molar-refractivity contribution in [3.63, 3.8) is 0 Å². The molecule has 3 aliphatic rings. The van der Waals surface area contributed by atoms with Crippen LogP contribution in [0.4, 0.5) is 0 Å². The van der Waals surface area contributed by atoms with Gasteiger partial charge in [0.25, 0.3) is 0 Å². The number of hydrogen-bond donors (Lipinski definition) is 1. The van der Waals surface area contributed by atoms with Gasteiger partial charge in [0.2, 0.25) is 0 Å². The molecule has 2 aliphatic carbocycles. The van der Waals surface area contributed by atoms with E-state index in [-0.39, 0.29) is 0 Å². The third kappa shape index (κ3) is 1.42. The van der Waals surface area contributed by atoms with Crippen molar-refractivity contribution in [2.45, 2.75) is 25.7 Å². The molecule has 1 heterocycles. The average Bonchev–Trinajstić information content (AvgIpc) is 2.85. The van der Waals surface area contributed by atoms with Gasteiger partial charge in [-0.25, -0.2) is 0 Å². The van der Waals surface area contributed by atoms with Crippen LogP contribution in [0.3, 0.4) is 0 Å². The van der Waals surface area contributed by atoms with Gasteiger partial charge in [-0.05, 0) is 61.7 Å². The Morgan fingerprint density at radius 3 is 2.29 bits per heavy atom. The second-order valence-electron chi connectivity index (χ2n) is 5.50. The summed E-state index contributed by atoms with van der Waals surface area (Å²) in [6.45, 7) is 4.13. The van der Waals surface area contributed by atoms with Crippen molar-refractivity contribution in [3.05, 3.63) is 0 Å². The molecule has 0 spiro atoms. The van der Waals surface area contributed by atoms with Gasteiger partial charge in [0, 0.05) is 13.1 Å². The number of nitrogens with zero attached hydrogens (tertiary/aromatic N) is 1. The minimum atomic E-state index is 1.05. The predicted molar refractivity (Wildman–Crippen MR) is 62.7 cm³/mol. The summed E-state index contributed by atoms with van der Waals surface area (Å²) in [5.74, 6) is 5.47. The lowest BCUT2D eigenvalue weighted by atomic mass is 9.82. The Balaban J connectivity index is 1.60. The van der Waals surface area contributed by atoms with Crippen LogP contribution in [-0.2, 0) is 0 Å². The van der Waals surface area contributed by atoms with Crippen LogP contribution in [0.2, 0.25) is 0 Å². The van der Waals surface area contributed by atoms with Gasteiger partial charge in [0.15, 0.2) is 0 Å². The molecule has 4 unspecified atom stereocenters. The van der Waals surface area contributed by atoms with Crippen molar-refractivity contribution in [3.8, 4) is 0 Å². The maximum Gasteiger partial charge on any atom is 0.00157 e. The fourth-order valence-corrected chi connectivity index (χ4v) is 4.39. The van der Waals surface area contributed by atoms with Crippen molar-refractivity contribution in [2.24, 2.45) is 23.7 Å². The first kappa shape index (κ1) is 9.53. The van der Waals surface area contributed by atoms with Gasteiger partial charge in [-0.15, -0.1) is 0 Å². The molecule has 0 aromatic heterocycles. The lowest BCUT2D eigenvalue weighted by Gasteiger charge is -2.22. The summed E-state index contributed by atoms with van der Waals surface area (Å²) in [4.78, 5) is 2.70. The molecule has 2 heteroatoms. The van der Waals surface area contributed by atoms with Gasteiger partial charge < -0.3 is 4.90 Å². The first-order chi connectivity index (χ1) is 6.88. The Bertz CT molecular complexity index is 200. The van der Waals surface area contributed by atoms with E-state index >= 15 is 0 Å².